The lowest BCUT2D eigenvalue weighted by Gasteiger charge is -2.04. The molecule has 0 atom stereocenters. The lowest BCUT2D eigenvalue weighted by molar-refractivity contribution is 0.196. The normalized spacial score (nSPS) is 17.1. The summed E-state index contributed by atoms with van der Waals surface area (Å²) in [5, 5.41) is 5.36. The van der Waals surface area contributed by atoms with Crippen molar-refractivity contribution in [1.29, 1.82) is 0 Å². The molecule has 4 nitrogen and oxygen atoms in total. The molecule has 0 aromatic carbocycles. The van der Waals surface area contributed by atoms with Crippen LogP contribution in [0.5, 0.6) is 0 Å². The number of nitrogens with one attached hydrogen (secondary N) is 2. The molecule has 2 amide bonds. The van der Waals surface area contributed by atoms with Gasteiger partial charge in [0, 0.05) is 19.9 Å². The van der Waals surface area contributed by atoms with E-state index in [2.05, 4.69) is 16.7 Å². The van der Waals surface area contributed by atoms with Gasteiger partial charge in [-0.3, -0.25) is 0 Å². The summed E-state index contributed by atoms with van der Waals surface area (Å²) in [5.74, 6) is 0.657. The van der Waals surface area contributed by atoms with E-state index in [0.717, 1.165) is 0 Å². The van der Waals surface area contributed by atoms with E-state index in [4.69, 9.17) is 4.74 Å². The van der Waals surface area contributed by atoms with Crippen LogP contribution in [-0.4, -0.2) is 26.3 Å². The number of methoxy groups -OCH3 is 1. The number of carbonyl (C=O) groups excluding carboxylic acids is 1. The molecule has 0 saturated heterocycles. The smallest absolute Gasteiger partial charge is 0.318 e. The molecule has 15 heavy (non-hydrogen) atoms. The maximum absolute atomic E-state index is 11.2. The van der Waals surface area contributed by atoms with E-state index in [1.165, 1.54) is 25.7 Å². The Labute approximate surface area is 91.1 Å². The summed E-state index contributed by atoms with van der Waals surface area (Å²) in [5.41, 5.74) is 0. The second-order valence-electron chi connectivity index (χ2n) is 3.80. The first-order valence-electron chi connectivity index (χ1n) is 5.53. The maximum Gasteiger partial charge on any atom is 0.318 e. The van der Waals surface area contributed by atoms with Gasteiger partial charge in [0.15, 0.2) is 0 Å². The highest BCUT2D eigenvalue weighted by molar-refractivity contribution is 5.74. The van der Waals surface area contributed by atoms with Gasteiger partial charge >= 0.3 is 6.03 Å². The fourth-order valence-corrected chi connectivity index (χ4v) is 1.73. The predicted octanol–water partition coefficient (Wildman–Crippen LogP) is 1.64. The van der Waals surface area contributed by atoms with Crippen molar-refractivity contribution in [3.63, 3.8) is 0 Å². The van der Waals surface area contributed by atoms with Crippen LogP contribution < -0.4 is 10.6 Å². The number of ether oxygens (including phenoxy) is 1. The first-order valence-corrected chi connectivity index (χ1v) is 5.53. The van der Waals surface area contributed by atoms with Crippen LogP contribution in [0.3, 0.4) is 0 Å². The molecule has 0 spiro atoms. The number of rotatable bonds is 5. The Morgan fingerprint density at radius 1 is 1.47 bits per heavy atom. The molecular formula is C11H20N2O2. The van der Waals surface area contributed by atoms with E-state index < -0.39 is 0 Å². The molecule has 4 heteroatoms. The summed E-state index contributed by atoms with van der Waals surface area (Å²) in [7, 11) is 1.61. The second kappa shape index (κ2) is 7.29. The molecule has 0 unspecified atom stereocenters. The Morgan fingerprint density at radius 3 is 2.87 bits per heavy atom. The van der Waals surface area contributed by atoms with E-state index in [0.29, 0.717) is 19.1 Å². The van der Waals surface area contributed by atoms with Crippen LogP contribution in [0, 0.1) is 5.92 Å². The minimum atomic E-state index is -0.165. The first-order chi connectivity index (χ1) is 7.33. The molecular weight excluding hydrogens is 192 g/mol. The summed E-state index contributed by atoms with van der Waals surface area (Å²) in [4.78, 5) is 11.2. The van der Waals surface area contributed by atoms with Crippen molar-refractivity contribution >= 4 is 6.03 Å². The van der Waals surface area contributed by atoms with Crippen molar-refractivity contribution in [2.75, 3.05) is 20.3 Å². The van der Waals surface area contributed by atoms with E-state index >= 15 is 0 Å². The quantitative estimate of drug-likeness (QED) is 0.681. The Hall–Kier alpha value is -1.03. The van der Waals surface area contributed by atoms with Crippen LogP contribution >= 0.6 is 0 Å². The zero-order valence-corrected chi connectivity index (χ0v) is 9.29. The topological polar surface area (TPSA) is 50.4 Å². The minimum absolute atomic E-state index is 0.165. The monoisotopic (exact) mass is 212 g/mol. The van der Waals surface area contributed by atoms with Crippen molar-refractivity contribution in [3.05, 3.63) is 12.3 Å². The van der Waals surface area contributed by atoms with Crippen LogP contribution in [0.2, 0.25) is 0 Å². The minimum Gasteiger partial charge on any atom is -0.383 e. The molecule has 0 heterocycles. The summed E-state index contributed by atoms with van der Waals surface area (Å²) >= 11 is 0. The highest BCUT2D eigenvalue weighted by Crippen LogP contribution is 2.25. The van der Waals surface area contributed by atoms with Crippen LogP contribution in [0.4, 0.5) is 4.79 Å². The predicted molar refractivity (Wildman–Crippen MR) is 59.5 cm³/mol. The van der Waals surface area contributed by atoms with Gasteiger partial charge in [-0.05, 0) is 18.8 Å². The van der Waals surface area contributed by atoms with Crippen molar-refractivity contribution in [2.45, 2.75) is 25.7 Å². The third kappa shape index (κ3) is 5.42. The molecule has 2 N–H and O–H groups in total. The van der Waals surface area contributed by atoms with E-state index in [9.17, 15) is 4.79 Å². The first kappa shape index (κ1) is 12.0. The van der Waals surface area contributed by atoms with Crippen molar-refractivity contribution in [1.82, 2.24) is 10.6 Å². The fraction of sp³-hybridized carbons (Fsp3) is 0.727. The molecule has 1 rings (SSSR count). The lowest BCUT2D eigenvalue weighted by atomic mass is 10.1. The molecule has 0 aliphatic heterocycles. The van der Waals surface area contributed by atoms with Gasteiger partial charge in [0.05, 0.1) is 6.61 Å². The van der Waals surface area contributed by atoms with Gasteiger partial charge in [0.2, 0.25) is 0 Å². The summed E-state index contributed by atoms with van der Waals surface area (Å²) in [6.45, 7) is 1.08. The van der Waals surface area contributed by atoms with Crippen molar-refractivity contribution in [3.8, 4) is 0 Å². The van der Waals surface area contributed by atoms with Crippen LogP contribution in [0.25, 0.3) is 0 Å². The Bertz CT molecular complexity index is 211. The number of hydrogen-bond acceptors (Lipinski definition) is 2. The Balaban J connectivity index is 2.04. The van der Waals surface area contributed by atoms with Crippen molar-refractivity contribution in [2.24, 2.45) is 5.92 Å². The van der Waals surface area contributed by atoms with Gasteiger partial charge in [-0.2, -0.15) is 0 Å². The Morgan fingerprint density at radius 2 is 2.20 bits per heavy atom. The summed E-state index contributed by atoms with van der Waals surface area (Å²) in [6.07, 6.45) is 8.97. The fourth-order valence-electron chi connectivity index (χ4n) is 1.73. The summed E-state index contributed by atoms with van der Waals surface area (Å²) < 4.78 is 4.82. The summed E-state index contributed by atoms with van der Waals surface area (Å²) in [6, 6.07) is -0.165. The highest BCUT2D eigenvalue weighted by atomic mass is 16.5. The van der Waals surface area contributed by atoms with E-state index in [1.54, 1.807) is 13.3 Å². The van der Waals surface area contributed by atoms with Gasteiger partial charge in [0.25, 0.3) is 0 Å². The van der Waals surface area contributed by atoms with E-state index in [1.807, 2.05) is 0 Å². The van der Waals surface area contributed by atoms with Gasteiger partial charge in [-0.15, -0.1) is 0 Å². The molecule has 0 aromatic heterocycles. The second-order valence-corrected chi connectivity index (χ2v) is 3.80. The average Bonchev–Trinajstić information content (AvgIpc) is 2.71. The molecule has 86 valence electrons. The number of carbonyl (C=O) groups is 1. The standard InChI is InChI=1S/C11H20N2O2/c1-15-9-8-13-11(14)12-7-6-10-4-2-3-5-10/h6-7,10H,2-5,8-9H2,1H3,(H2,12,13,14)/b7-6+. The number of allylic oxidation sites excluding steroid dienone is 1. The van der Waals surface area contributed by atoms with Crippen LogP contribution in [-0.2, 0) is 4.74 Å². The lowest BCUT2D eigenvalue weighted by Crippen LogP contribution is -2.34. The zero-order valence-electron chi connectivity index (χ0n) is 9.29. The molecule has 0 radical (unpaired) electrons. The third-order valence-electron chi connectivity index (χ3n) is 2.57. The van der Waals surface area contributed by atoms with Crippen LogP contribution in [0.15, 0.2) is 12.3 Å². The number of hydrogen-bond donors (Lipinski definition) is 2. The number of urea groups is 1. The highest BCUT2D eigenvalue weighted by Gasteiger charge is 2.10. The molecule has 1 saturated carbocycles. The van der Waals surface area contributed by atoms with Crippen LogP contribution in [0.1, 0.15) is 25.7 Å². The molecule has 0 aromatic rings. The maximum atomic E-state index is 11.2. The Kier molecular flexibility index (Phi) is 5.85. The zero-order chi connectivity index (χ0) is 10.9. The number of amides is 2. The van der Waals surface area contributed by atoms with Gasteiger partial charge in [-0.1, -0.05) is 18.9 Å². The van der Waals surface area contributed by atoms with E-state index in [-0.39, 0.29) is 6.03 Å². The average molecular weight is 212 g/mol. The molecule has 1 aliphatic rings. The molecule has 0 bridgehead atoms. The van der Waals surface area contributed by atoms with Gasteiger partial charge in [0.1, 0.15) is 0 Å². The molecule has 1 aliphatic carbocycles. The largest absolute Gasteiger partial charge is 0.383 e. The van der Waals surface area contributed by atoms with Gasteiger partial charge < -0.3 is 15.4 Å². The van der Waals surface area contributed by atoms with Gasteiger partial charge in [-0.25, -0.2) is 4.79 Å². The van der Waals surface area contributed by atoms with Crippen molar-refractivity contribution < 1.29 is 9.53 Å². The SMILES string of the molecule is COCCNC(=O)N/C=C/C1CCCC1. The third-order valence-corrected chi connectivity index (χ3v) is 2.57. The molecule has 1 fully saturated rings.